The summed E-state index contributed by atoms with van der Waals surface area (Å²) in [6, 6.07) is 6.03. The number of nitrogens with one attached hydrogen (secondary N) is 1. The van der Waals surface area contributed by atoms with Gasteiger partial charge >= 0.3 is 0 Å². The lowest BCUT2D eigenvalue weighted by Gasteiger charge is -2.29. The van der Waals surface area contributed by atoms with Crippen molar-refractivity contribution in [2.75, 3.05) is 50.8 Å². The first-order chi connectivity index (χ1) is 13.7. The van der Waals surface area contributed by atoms with Gasteiger partial charge in [0.2, 0.25) is 0 Å². The highest BCUT2D eigenvalue weighted by Crippen LogP contribution is 2.20. The summed E-state index contributed by atoms with van der Waals surface area (Å²) in [4.78, 5) is 21.2. The first kappa shape index (κ1) is 19.6. The molecule has 2 saturated heterocycles. The van der Waals surface area contributed by atoms with E-state index in [0.29, 0.717) is 16.7 Å². The van der Waals surface area contributed by atoms with Crippen molar-refractivity contribution in [3.8, 4) is 0 Å². The van der Waals surface area contributed by atoms with Crippen molar-refractivity contribution in [3.05, 3.63) is 33.3 Å². The molecule has 0 atom stereocenters. The minimum Gasteiger partial charge on any atom is -0.378 e. The molecule has 0 radical (unpaired) electrons. The molecule has 2 aliphatic rings. The minimum atomic E-state index is 0.0183. The molecule has 2 aliphatic heterocycles. The number of rotatable bonds is 5. The first-order valence-corrected chi connectivity index (χ1v) is 11.0. The van der Waals surface area contributed by atoms with E-state index in [0.717, 1.165) is 50.5 Å². The van der Waals surface area contributed by atoms with Gasteiger partial charge in [-0.15, -0.1) is 0 Å². The van der Waals surface area contributed by atoms with Crippen LogP contribution in [0.3, 0.4) is 0 Å². The van der Waals surface area contributed by atoms with Crippen LogP contribution in [0.4, 0.5) is 5.69 Å². The quantitative estimate of drug-likeness (QED) is 0.779. The molecule has 7 heteroatoms. The summed E-state index contributed by atoms with van der Waals surface area (Å²) < 4.78 is 7.69. The molecule has 0 amide bonds. The van der Waals surface area contributed by atoms with Gasteiger partial charge in [0.05, 0.1) is 24.1 Å². The van der Waals surface area contributed by atoms with E-state index in [9.17, 15) is 4.79 Å². The van der Waals surface area contributed by atoms with Gasteiger partial charge in [-0.3, -0.25) is 9.36 Å². The number of fused-ring (bicyclic) bond motifs is 1. The molecule has 2 fully saturated rings. The van der Waals surface area contributed by atoms with Gasteiger partial charge < -0.3 is 19.5 Å². The number of aromatic nitrogens is 2. The van der Waals surface area contributed by atoms with Gasteiger partial charge in [-0.2, -0.15) is 0 Å². The van der Waals surface area contributed by atoms with Gasteiger partial charge in [-0.1, -0.05) is 12.8 Å². The molecule has 1 aromatic heterocycles. The summed E-state index contributed by atoms with van der Waals surface area (Å²) in [5, 5.41) is 0.715. The van der Waals surface area contributed by atoms with Crippen LogP contribution in [0.5, 0.6) is 0 Å². The van der Waals surface area contributed by atoms with Crippen molar-refractivity contribution in [1.29, 1.82) is 0 Å². The molecule has 4 rings (SSSR count). The molecule has 0 saturated carbocycles. The molecule has 0 bridgehead atoms. The van der Waals surface area contributed by atoms with Crippen LogP contribution >= 0.6 is 12.2 Å². The van der Waals surface area contributed by atoms with E-state index in [2.05, 4.69) is 20.9 Å². The predicted octanol–water partition coefficient (Wildman–Crippen LogP) is 3.16. The van der Waals surface area contributed by atoms with E-state index < -0.39 is 0 Å². The normalized spacial score (nSPS) is 19.1. The molecule has 3 heterocycles. The minimum absolute atomic E-state index is 0.0183. The maximum atomic E-state index is 13.1. The lowest BCUT2D eigenvalue weighted by molar-refractivity contribution is 0.122. The second-order valence-corrected chi connectivity index (χ2v) is 8.21. The van der Waals surface area contributed by atoms with Crippen LogP contribution < -0.4 is 10.5 Å². The molecule has 0 unspecified atom stereocenters. The van der Waals surface area contributed by atoms with Crippen LogP contribution in [-0.4, -0.2) is 60.4 Å². The van der Waals surface area contributed by atoms with Crippen molar-refractivity contribution in [2.24, 2.45) is 0 Å². The lowest BCUT2D eigenvalue weighted by atomic mass is 10.2. The monoisotopic (exact) mass is 402 g/mol. The zero-order chi connectivity index (χ0) is 19.3. The van der Waals surface area contributed by atoms with Crippen molar-refractivity contribution in [2.45, 2.75) is 38.6 Å². The Hall–Kier alpha value is -1.70. The molecule has 2 aromatic rings. The largest absolute Gasteiger partial charge is 0.378 e. The number of likely N-dealkylation sites (tertiary alicyclic amines) is 1. The van der Waals surface area contributed by atoms with Gasteiger partial charge in [-0.05, 0) is 69.3 Å². The van der Waals surface area contributed by atoms with Gasteiger partial charge in [0.1, 0.15) is 0 Å². The number of nitrogens with zero attached hydrogens (tertiary/aromatic N) is 3. The van der Waals surface area contributed by atoms with E-state index in [1.54, 1.807) is 4.57 Å². The van der Waals surface area contributed by atoms with Crippen molar-refractivity contribution >= 4 is 28.8 Å². The average molecular weight is 403 g/mol. The topological polar surface area (TPSA) is 53.5 Å². The van der Waals surface area contributed by atoms with Crippen LogP contribution in [0, 0.1) is 4.77 Å². The van der Waals surface area contributed by atoms with E-state index in [4.69, 9.17) is 17.0 Å². The number of ether oxygens (including phenoxy) is 1. The highest BCUT2D eigenvalue weighted by molar-refractivity contribution is 7.71. The number of aromatic amines is 1. The smallest absolute Gasteiger partial charge is 0.262 e. The van der Waals surface area contributed by atoms with Gasteiger partial charge in [0, 0.05) is 25.3 Å². The molecule has 6 nitrogen and oxygen atoms in total. The summed E-state index contributed by atoms with van der Waals surface area (Å²) in [6.45, 7) is 7.25. The van der Waals surface area contributed by atoms with Gasteiger partial charge in [0.15, 0.2) is 4.77 Å². The van der Waals surface area contributed by atoms with Gasteiger partial charge in [-0.25, -0.2) is 0 Å². The number of H-pyrrole nitrogens is 1. The van der Waals surface area contributed by atoms with Crippen LogP contribution in [0.2, 0.25) is 0 Å². The fourth-order valence-corrected chi connectivity index (χ4v) is 4.56. The predicted molar refractivity (Wildman–Crippen MR) is 116 cm³/mol. The molecule has 1 aromatic carbocycles. The van der Waals surface area contributed by atoms with Crippen LogP contribution in [-0.2, 0) is 11.3 Å². The number of anilines is 1. The third-order valence-electron chi connectivity index (χ3n) is 5.90. The summed E-state index contributed by atoms with van der Waals surface area (Å²) in [6.07, 6.45) is 6.22. The Morgan fingerprint density at radius 1 is 1.00 bits per heavy atom. The van der Waals surface area contributed by atoms with E-state index in [-0.39, 0.29) is 5.56 Å². The van der Waals surface area contributed by atoms with Crippen LogP contribution in [0.25, 0.3) is 10.9 Å². The van der Waals surface area contributed by atoms with Crippen LogP contribution in [0.1, 0.15) is 32.1 Å². The third-order valence-corrected chi connectivity index (χ3v) is 6.22. The number of hydrogen-bond donors (Lipinski definition) is 1. The van der Waals surface area contributed by atoms with Crippen LogP contribution in [0.15, 0.2) is 23.0 Å². The third kappa shape index (κ3) is 4.47. The zero-order valence-corrected chi connectivity index (χ0v) is 17.3. The maximum Gasteiger partial charge on any atom is 0.262 e. The second-order valence-electron chi connectivity index (χ2n) is 7.83. The molecule has 0 aliphatic carbocycles. The average Bonchev–Trinajstić information content (AvgIpc) is 3.00. The summed E-state index contributed by atoms with van der Waals surface area (Å²) in [7, 11) is 0. The van der Waals surface area contributed by atoms with E-state index in [1.165, 1.54) is 38.8 Å². The Kier molecular flexibility index (Phi) is 6.44. The Balaban J connectivity index is 1.52. The number of morpholine rings is 1. The SMILES string of the molecule is O=c1c2cc(N3CCOCC3)ccc2[nH]c(=S)n1CCCN1CCCCCC1. The fraction of sp³-hybridized carbons (Fsp3) is 0.619. The Labute approximate surface area is 171 Å². The lowest BCUT2D eigenvalue weighted by Crippen LogP contribution is -2.36. The van der Waals surface area contributed by atoms with Crippen molar-refractivity contribution in [3.63, 3.8) is 0 Å². The summed E-state index contributed by atoms with van der Waals surface area (Å²) in [5.41, 5.74) is 1.91. The molecular weight excluding hydrogens is 372 g/mol. The Morgan fingerprint density at radius 3 is 2.50 bits per heavy atom. The maximum absolute atomic E-state index is 13.1. The Morgan fingerprint density at radius 2 is 1.75 bits per heavy atom. The van der Waals surface area contributed by atoms with Crippen molar-refractivity contribution in [1.82, 2.24) is 14.5 Å². The van der Waals surface area contributed by atoms with Gasteiger partial charge in [0.25, 0.3) is 5.56 Å². The highest BCUT2D eigenvalue weighted by Gasteiger charge is 2.14. The van der Waals surface area contributed by atoms with Crippen molar-refractivity contribution < 1.29 is 4.74 Å². The summed E-state index contributed by atoms with van der Waals surface area (Å²) >= 11 is 5.48. The molecule has 1 N–H and O–H groups in total. The van der Waals surface area contributed by atoms with E-state index in [1.807, 2.05) is 12.1 Å². The first-order valence-electron chi connectivity index (χ1n) is 10.5. The van der Waals surface area contributed by atoms with E-state index >= 15 is 0 Å². The second kappa shape index (κ2) is 9.20. The number of hydrogen-bond acceptors (Lipinski definition) is 5. The Bertz CT molecular complexity index is 909. The standard InChI is InChI=1S/C21H30N4O2S/c26-20-18-16-17(24-12-14-27-15-13-24)6-7-19(18)22-21(28)25(20)11-5-10-23-8-3-1-2-4-9-23/h6-7,16H,1-5,8-15H2,(H,22,28). The fourth-order valence-electron chi connectivity index (χ4n) is 4.27. The molecular formula is C21H30N4O2S. The number of benzene rings is 1. The summed E-state index contributed by atoms with van der Waals surface area (Å²) in [5.74, 6) is 0. The molecule has 28 heavy (non-hydrogen) atoms. The molecule has 0 spiro atoms. The zero-order valence-electron chi connectivity index (χ0n) is 16.5. The highest BCUT2D eigenvalue weighted by atomic mass is 32.1. The molecule has 152 valence electrons.